The SMILES string of the molecule is O=C(CCCCl)N1CCN(C(=O)COc2ccccc2)CC1. The molecule has 0 aliphatic carbocycles. The minimum Gasteiger partial charge on any atom is -0.484 e. The molecule has 1 aliphatic heterocycles. The third-order valence-corrected chi connectivity index (χ3v) is 3.88. The number of benzene rings is 1. The number of hydrogen-bond acceptors (Lipinski definition) is 3. The highest BCUT2D eigenvalue weighted by Gasteiger charge is 2.23. The maximum atomic E-state index is 12.1. The Hall–Kier alpha value is -1.75. The fourth-order valence-corrected chi connectivity index (χ4v) is 2.47. The topological polar surface area (TPSA) is 49.9 Å². The molecule has 1 saturated heterocycles. The van der Waals surface area contributed by atoms with Gasteiger partial charge in [-0.3, -0.25) is 9.59 Å². The number of para-hydroxylation sites is 1. The zero-order valence-electron chi connectivity index (χ0n) is 12.5. The maximum Gasteiger partial charge on any atom is 0.260 e. The van der Waals surface area contributed by atoms with E-state index in [-0.39, 0.29) is 18.4 Å². The van der Waals surface area contributed by atoms with Crippen LogP contribution in [0.3, 0.4) is 0 Å². The van der Waals surface area contributed by atoms with Gasteiger partial charge < -0.3 is 14.5 Å². The Morgan fingerprint density at radius 3 is 2.18 bits per heavy atom. The van der Waals surface area contributed by atoms with E-state index in [1.54, 1.807) is 9.80 Å². The molecule has 0 N–H and O–H groups in total. The summed E-state index contributed by atoms with van der Waals surface area (Å²) in [5.41, 5.74) is 0. The summed E-state index contributed by atoms with van der Waals surface area (Å²) in [7, 11) is 0. The number of ether oxygens (including phenoxy) is 1. The molecule has 0 atom stereocenters. The van der Waals surface area contributed by atoms with Crippen LogP contribution in [0.5, 0.6) is 5.75 Å². The first kappa shape index (κ1) is 16.6. The predicted octanol–water partition coefficient (Wildman–Crippen LogP) is 1.76. The average Bonchev–Trinajstić information content (AvgIpc) is 2.58. The van der Waals surface area contributed by atoms with Crippen molar-refractivity contribution in [3.8, 4) is 5.75 Å². The molecule has 0 spiro atoms. The monoisotopic (exact) mass is 324 g/mol. The second kappa shape index (κ2) is 8.63. The van der Waals surface area contributed by atoms with E-state index in [0.29, 0.717) is 50.7 Å². The van der Waals surface area contributed by atoms with Gasteiger partial charge in [-0.05, 0) is 18.6 Å². The van der Waals surface area contributed by atoms with Crippen LogP contribution in [-0.2, 0) is 9.59 Å². The zero-order valence-corrected chi connectivity index (χ0v) is 13.3. The molecule has 0 aromatic heterocycles. The van der Waals surface area contributed by atoms with Crippen molar-refractivity contribution in [2.45, 2.75) is 12.8 Å². The normalized spacial score (nSPS) is 14.8. The first-order valence-electron chi connectivity index (χ1n) is 7.50. The second-order valence-electron chi connectivity index (χ2n) is 5.16. The number of alkyl halides is 1. The zero-order chi connectivity index (χ0) is 15.8. The fourth-order valence-electron chi connectivity index (χ4n) is 2.33. The molecule has 120 valence electrons. The van der Waals surface area contributed by atoms with Gasteiger partial charge in [-0.1, -0.05) is 18.2 Å². The van der Waals surface area contributed by atoms with Crippen molar-refractivity contribution in [2.24, 2.45) is 0 Å². The van der Waals surface area contributed by atoms with E-state index in [2.05, 4.69) is 0 Å². The van der Waals surface area contributed by atoms with Crippen LogP contribution < -0.4 is 4.74 Å². The minimum absolute atomic E-state index is 0.0320. The smallest absolute Gasteiger partial charge is 0.260 e. The maximum absolute atomic E-state index is 12.1. The van der Waals surface area contributed by atoms with E-state index in [1.165, 1.54) is 0 Å². The molecule has 22 heavy (non-hydrogen) atoms. The Kier molecular flexibility index (Phi) is 6.52. The molecule has 1 aromatic carbocycles. The number of amides is 2. The Morgan fingerprint density at radius 1 is 1.00 bits per heavy atom. The van der Waals surface area contributed by atoms with Gasteiger partial charge in [0, 0.05) is 38.5 Å². The van der Waals surface area contributed by atoms with Crippen LogP contribution in [-0.4, -0.2) is 60.3 Å². The first-order valence-corrected chi connectivity index (χ1v) is 8.03. The van der Waals surface area contributed by atoms with Gasteiger partial charge >= 0.3 is 0 Å². The van der Waals surface area contributed by atoms with Gasteiger partial charge in [0.05, 0.1) is 0 Å². The number of piperazine rings is 1. The molecule has 6 heteroatoms. The van der Waals surface area contributed by atoms with Crippen LogP contribution in [0.4, 0.5) is 0 Å². The van der Waals surface area contributed by atoms with E-state index < -0.39 is 0 Å². The standard InChI is InChI=1S/C16H21ClN2O3/c17-8-4-7-15(20)18-9-11-19(12-10-18)16(21)13-22-14-5-2-1-3-6-14/h1-3,5-6H,4,7-13H2. The number of halogens is 1. The molecule has 0 bridgehead atoms. The molecule has 0 unspecified atom stereocenters. The second-order valence-corrected chi connectivity index (χ2v) is 5.53. The summed E-state index contributed by atoms with van der Waals surface area (Å²) in [5.74, 6) is 1.26. The molecule has 1 aliphatic rings. The van der Waals surface area contributed by atoms with Crippen LogP contribution in [0.2, 0.25) is 0 Å². The summed E-state index contributed by atoms with van der Waals surface area (Å²) in [5, 5.41) is 0. The van der Waals surface area contributed by atoms with Crippen molar-refractivity contribution in [1.82, 2.24) is 9.80 Å². The lowest BCUT2D eigenvalue weighted by atomic mass is 10.2. The van der Waals surface area contributed by atoms with E-state index in [9.17, 15) is 9.59 Å². The van der Waals surface area contributed by atoms with E-state index in [1.807, 2.05) is 30.3 Å². The van der Waals surface area contributed by atoms with Crippen LogP contribution >= 0.6 is 11.6 Å². The molecule has 0 radical (unpaired) electrons. The number of nitrogens with zero attached hydrogens (tertiary/aromatic N) is 2. The van der Waals surface area contributed by atoms with Gasteiger partial charge in [0.1, 0.15) is 5.75 Å². The van der Waals surface area contributed by atoms with Gasteiger partial charge in [-0.25, -0.2) is 0 Å². The Morgan fingerprint density at radius 2 is 1.59 bits per heavy atom. The van der Waals surface area contributed by atoms with Crippen molar-refractivity contribution in [3.63, 3.8) is 0 Å². The number of carbonyl (C=O) groups is 2. The summed E-state index contributed by atoms with van der Waals surface area (Å²) in [6, 6.07) is 9.27. The van der Waals surface area contributed by atoms with Crippen LogP contribution in [0.15, 0.2) is 30.3 Å². The predicted molar refractivity (Wildman–Crippen MR) is 85.1 cm³/mol. The summed E-state index contributed by atoms with van der Waals surface area (Å²) in [4.78, 5) is 27.5. The average molecular weight is 325 g/mol. The summed E-state index contributed by atoms with van der Waals surface area (Å²) < 4.78 is 5.46. The van der Waals surface area contributed by atoms with Gasteiger partial charge in [-0.15, -0.1) is 11.6 Å². The molecule has 0 saturated carbocycles. The van der Waals surface area contributed by atoms with Crippen LogP contribution in [0, 0.1) is 0 Å². The van der Waals surface area contributed by atoms with Crippen LogP contribution in [0.25, 0.3) is 0 Å². The minimum atomic E-state index is -0.0447. The molecule has 1 aromatic rings. The van der Waals surface area contributed by atoms with Gasteiger partial charge in [0.15, 0.2) is 6.61 Å². The molecule has 1 heterocycles. The highest BCUT2D eigenvalue weighted by molar-refractivity contribution is 6.17. The molecule has 2 rings (SSSR count). The van der Waals surface area contributed by atoms with Crippen LogP contribution in [0.1, 0.15) is 12.8 Å². The highest BCUT2D eigenvalue weighted by atomic mass is 35.5. The van der Waals surface area contributed by atoms with E-state index in [4.69, 9.17) is 16.3 Å². The summed E-state index contributed by atoms with van der Waals surface area (Å²) in [6.07, 6.45) is 1.18. The fraction of sp³-hybridized carbons (Fsp3) is 0.500. The quantitative estimate of drug-likeness (QED) is 0.749. The van der Waals surface area contributed by atoms with Crippen molar-refractivity contribution in [3.05, 3.63) is 30.3 Å². The molecular formula is C16H21ClN2O3. The number of rotatable bonds is 6. The van der Waals surface area contributed by atoms with Gasteiger partial charge in [0.25, 0.3) is 5.91 Å². The molecule has 2 amide bonds. The van der Waals surface area contributed by atoms with Crippen molar-refractivity contribution < 1.29 is 14.3 Å². The Balaban J connectivity index is 1.72. The van der Waals surface area contributed by atoms with E-state index in [0.717, 1.165) is 0 Å². The van der Waals surface area contributed by atoms with Crippen molar-refractivity contribution in [1.29, 1.82) is 0 Å². The first-order chi connectivity index (χ1) is 10.7. The number of carbonyl (C=O) groups excluding carboxylic acids is 2. The lowest BCUT2D eigenvalue weighted by molar-refractivity contribution is -0.140. The molecule has 1 fully saturated rings. The third-order valence-electron chi connectivity index (χ3n) is 3.61. The largest absolute Gasteiger partial charge is 0.484 e. The van der Waals surface area contributed by atoms with Gasteiger partial charge in [0.2, 0.25) is 5.91 Å². The van der Waals surface area contributed by atoms with Crippen molar-refractivity contribution >= 4 is 23.4 Å². The van der Waals surface area contributed by atoms with Crippen molar-refractivity contribution in [2.75, 3.05) is 38.7 Å². The highest BCUT2D eigenvalue weighted by Crippen LogP contribution is 2.10. The molecular weight excluding hydrogens is 304 g/mol. The third kappa shape index (κ3) is 4.91. The molecule has 5 nitrogen and oxygen atoms in total. The Labute approximate surface area is 135 Å². The number of hydrogen-bond donors (Lipinski definition) is 0. The van der Waals surface area contributed by atoms with Gasteiger partial charge in [-0.2, -0.15) is 0 Å². The summed E-state index contributed by atoms with van der Waals surface area (Å²) in [6.45, 7) is 2.31. The lowest BCUT2D eigenvalue weighted by Gasteiger charge is -2.34. The Bertz CT molecular complexity index is 487. The lowest BCUT2D eigenvalue weighted by Crippen LogP contribution is -2.51. The van der Waals surface area contributed by atoms with E-state index >= 15 is 0 Å². The summed E-state index contributed by atoms with van der Waals surface area (Å²) >= 11 is 5.60.